The van der Waals surface area contributed by atoms with Crippen molar-refractivity contribution >= 4 is 50.5 Å². The molecule has 4 nitrogen and oxygen atoms in total. The molecule has 0 bridgehead atoms. The highest BCUT2D eigenvalue weighted by atomic mass is 35.5. The highest BCUT2D eigenvalue weighted by molar-refractivity contribution is 6.31. The van der Waals surface area contributed by atoms with Gasteiger partial charge in [0.15, 0.2) is 0 Å². The minimum atomic E-state index is 0.659. The van der Waals surface area contributed by atoms with Crippen molar-refractivity contribution in [3.8, 4) is 16.9 Å². The smallest absolute Gasteiger partial charge is 0.119 e. The van der Waals surface area contributed by atoms with Gasteiger partial charge in [-0.1, -0.05) is 35.9 Å². The van der Waals surface area contributed by atoms with Crippen LogP contribution in [0.5, 0.6) is 5.75 Å². The van der Waals surface area contributed by atoms with Gasteiger partial charge in [0, 0.05) is 27.2 Å². The maximum Gasteiger partial charge on any atom is 0.119 e. The van der Waals surface area contributed by atoms with Crippen LogP contribution >= 0.6 is 11.6 Å². The fraction of sp³-hybridized carbons (Fsp3) is 0.0385. The number of rotatable bonds is 4. The summed E-state index contributed by atoms with van der Waals surface area (Å²) in [6, 6.07) is 27.8. The van der Waals surface area contributed by atoms with Crippen LogP contribution in [0.15, 0.2) is 84.9 Å². The summed E-state index contributed by atoms with van der Waals surface area (Å²) in [6.45, 7) is 0. The molecule has 0 atom stereocenters. The monoisotopic (exact) mass is 425 g/mol. The van der Waals surface area contributed by atoms with Gasteiger partial charge >= 0.3 is 0 Å². The van der Waals surface area contributed by atoms with Crippen LogP contribution < -0.4 is 15.8 Å². The van der Waals surface area contributed by atoms with Crippen molar-refractivity contribution in [2.75, 3.05) is 18.2 Å². The molecule has 1 heterocycles. The molecule has 0 spiro atoms. The highest BCUT2D eigenvalue weighted by Gasteiger charge is 2.11. The minimum Gasteiger partial charge on any atom is -0.497 e. The number of nitrogens with zero attached hydrogens (tertiary/aromatic N) is 1. The van der Waals surface area contributed by atoms with Gasteiger partial charge in [0.2, 0.25) is 0 Å². The first-order valence-electron chi connectivity index (χ1n) is 9.91. The van der Waals surface area contributed by atoms with E-state index in [1.165, 1.54) is 0 Å². The zero-order valence-corrected chi connectivity index (χ0v) is 17.6. The van der Waals surface area contributed by atoms with E-state index in [-0.39, 0.29) is 0 Å². The Balaban J connectivity index is 1.60. The average Bonchev–Trinajstić information content (AvgIpc) is 2.79. The Morgan fingerprint density at radius 2 is 1.48 bits per heavy atom. The molecule has 5 rings (SSSR count). The molecule has 0 aliphatic rings. The molecule has 0 saturated heterocycles. The van der Waals surface area contributed by atoms with Crippen LogP contribution in [-0.2, 0) is 0 Å². The van der Waals surface area contributed by atoms with E-state index in [9.17, 15) is 0 Å². The molecule has 152 valence electrons. The van der Waals surface area contributed by atoms with Gasteiger partial charge in [-0.05, 0) is 71.8 Å². The van der Waals surface area contributed by atoms with Crippen molar-refractivity contribution in [2.45, 2.75) is 0 Å². The number of anilines is 3. The molecule has 1 aromatic heterocycles. The minimum absolute atomic E-state index is 0.659. The summed E-state index contributed by atoms with van der Waals surface area (Å²) < 4.78 is 5.45. The number of aromatic nitrogens is 1. The van der Waals surface area contributed by atoms with E-state index in [1.54, 1.807) is 7.11 Å². The first-order valence-corrected chi connectivity index (χ1v) is 10.3. The van der Waals surface area contributed by atoms with E-state index in [0.29, 0.717) is 5.02 Å². The number of methoxy groups -OCH3 is 1. The fourth-order valence-corrected chi connectivity index (χ4v) is 3.89. The molecule has 5 heteroatoms. The molecule has 0 fully saturated rings. The Labute approximate surface area is 185 Å². The number of nitrogen functional groups attached to an aromatic ring is 1. The number of hydrogen-bond donors (Lipinski definition) is 2. The van der Waals surface area contributed by atoms with Crippen LogP contribution in [0.25, 0.3) is 32.9 Å². The Bertz CT molecular complexity index is 1400. The van der Waals surface area contributed by atoms with E-state index >= 15 is 0 Å². The Morgan fingerprint density at radius 3 is 2.19 bits per heavy atom. The number of ether oxygens (including phenoxy) is 1. The summed E-state index contributed by atoms with van der Waals surface area (Å²) in [5.41, 5.74) is 12.5. The third-order valence-corrected chi connectivity index (χ3v) is 5.58. The quantitative estimate of drug-likeness (QED) is 0.239. The lowest BCUT2D eigenvalue weighted by Gasteiger charge is -2.15. The molecule has 0 saturated carbocycles. The second-order valence-electron chi connectivity index (χ2n) is 7.36. The summed E-state index contributed by atoms with van der Waals surface area (Å²) >= 11 is 6.23. The second-order valence-corrected chi connectivity index (χ2v) is 7.79. The van der Waals surface area contributed by atoms with Gasteiger partial charge in [-0.2, -0.15) is 0 Å². The van der Waals surface area contributed by atoms with Crippen LogP contribution in [0, 0.1) is 0 Å². The van der Waals surface area contributed by atoms with E-state index in [1.807, 2.05) is 60.7 Å². The van der Waals surface area contributed by atoms with Crippen molar-refractivity contribution < 1.29 is 4.74 Å². The predicted molar refractivity (Wildman–Crippen MR) is 130 cm³/mol. The van der Waals surface area contributed by atoms with Crippen LogP contribution in [0.1, 0.15) is 0 Å². The number of nitrogens with one attached hydrogen (secondary N) is 1. The summed E-state index contributed by atoms with van der Waals surface area (Å²) in [6.07, 6.45) is 0. The lowest BCUT2D eigenvalue weighted by Crippen LogP contribution is -1.96. The van der Waals surface area contributed by atoms with Crippen LogP contribution in [0.3, 0.4) is 0 Å². The van der Waals surface area contributed by atoms with Crippen molar-refractivity contribution in [3.63, 3.8) is 0 Å². The van der Waals surface area contributed by atoms with Gasteiger partial charge in [-0.25, -0.2) is 4.98 Å². The second kappa shape index (κ2) is 7.82. The summed E-state index contributed by atoms with van der Waals surface area (Å²) in [7, 11) is 1.67. The molecule has 0 aliphatic carbocycles. The SMILES string of the molecule is COc1ccc2nc3cc(Cl)ccc3c(Nc3ccc(-c4ccc(N)cc4)cc3)c2c1. The number of pyridine rings is 1. The summed E-state index contributed by atoms with van der Waals surface area (Å²) in [5.74, 6) is 0.782. The number of hydrogen-bond acceptors (Lipinski definition) is 4. The molecule has 31 heavy (non-hydrogen) atoms. The fourth-order valence-electron chi connectivity index (χ4n) is 3.72. The van der Waals surface area contributed by atoms with E-state index in [4.69, 9.17) is 27.1 Å². The average molecular weight is 426 g/mol. The van der Waals surface area contributed by atoms with Gasteiger partial charge < -0.3 is 15.8 Å². The molecule has 3 N–H and O–H groups in total. The first-order chi connectivity index (χ1) is 15.1. The molecule has 5 aromatic rings. The molecular formula is C26H20ClN3O. The summed E-state index contributed by atoms with van der Waals surface area (Å²) in [4.78, 5) is 4.79. The van der Waals surface area contributed by atoms with Gasteiger partial charge in [0.1, 0.15) is 5.75 Å². The summed E-state index contributed by atoms with van der Waals surface area (Å²) in [5, 5.41) is 6.23. The standard InChI is InChI=1S/C26H20ClN3O/c1-31-21-11-13-24-23(15-21)26(22-12-6-18(27)14-25(22)30-24)29-20-9-4-17(5-10-20)16-2-7-19(28)8-3-16/h2-15H,28H2,1H3,(H,29,30). The number of nitrogens with two attached hydrogens (primary N) is 1. The molecular weight excluding hydrogens is 406 g/mol. The Hall–Kier alpha value is -3.76. The number of halogens is 1. The number of fused-ring (bicyclic) bond motifs is 2. The maximum atomic E-state index is 6.23. The van der Waals surface area contributed by atoms with E-state index in [2.05, 4.69) is 29.6 Å². The molecule has 0 unspecified atom stereocenters. The maximum absolute atomic E-state index is 6.23. The molecule has 4 aromatic carbocycles. The zero-order valence-electron chi connectivity index (χ0n) is 16.9. The van der Waals surface area contributed by atoms with Crippen molar-refractivity contribution in [1.29, 1.82) is 0 Å². The lowest BCUT2D eigenvalue weighted by atomic mass is 10.0. The lowest BCUT2D eigenvalue weighted by molar-refractivity contribution is 0.415. The predicted octanol–water partition coefficient (Wildman–Crippen LogP) is 7.04. The van der Waals surface area contributed by atoms with Gasteiger partial charge in [0.05, 0.1) is 23.8 Å². The van der Waals surface area contributed by atoms with Crippen LogP contribution in [-0.4, -0.2) is 12.1 Å². The van der Waals surface area contributed by atoms with E-state index < -0.39 is 0 Å². The van der Waals surface area contributed by atoms with Crippen LogP contribution in [0.2, 0.25) is 5.02 Å². The third-order valence-electron chi connectivity index (χ3n) is 5.34. The Morgan fingerprint density at radius 1 is 0.774 bits per heavy atom. The Kier molecular flexibility index (Phi) is 4.85. The zero-order chi connectivity index (χ0) is 21.4. The van der Waals surface area contributed by atoms with Crippen LogP contribution in [0.4, 0.5) is 17.1 Å². The van der Waals surface area contributed by atoms with Crippen molar-refractivity contribution in [3.05, 3.63) is 90.0 Å². The normalized spacial score (nSPS) is 11.0. The first kappa shape index (κ1) is 19.2. The molecule has 0 aliphatic heterocycles. The van der Waals surface area contributed by atoms with Gasteiger partial charge in [0.25, 0.3) is 0 Å². The largest absolute Gasteiger partial charge is 0.497 e. The van der Waals surface area contributed by atoms with E-state index in [0.717, 1.165) is 55.7 Å². The number of benzene rings is 4. The van der Waals surface area contributed by atoms with Crippen molar-refractivity contribution in [1.82, 2.24) is 4.98 Å². The highest BCUT2D eigenvalue weighted by Crippen LogP contribution is 2.36. The van der Waals surface area contributed by atoms with Gasteiger partial charge in [-0.3, -0.25) is 0 Å². The third kappa shape index (κ3) is 3.74. The topological polar surface area (TPSA) is 60.2 Å². The molecule has 0 amide bonds. The van der Waals surface area contributed by atoms with Gasteiger partial charge in [-0.15, -0.1) is 0 Å². The van der Waals surface area contributed by atoms with Crippen molar-refractivity contribution in [2.24, 2.45) is 0 Å². The molecule has 0 radical (unpaired) electrons.